The van der Waals surface area contributed by atoms with Crippen molar-refractivity contribution in [1.82, 2.24) is 0 Å². The van der Waals surface area contributed by atoms with Crippen LogP contribution in [0.15, 0.2) is 46.4 Å². The minimum absolute atomic E-state index is 0.349. The van der Waals surface area contributed by atoms with E-state index in [4.69, 9.17) is 23.2 Å². The van der Waals surface area contributed by atoms with E-state index in [9.17, 15) is 9.59 Å². The molecule has 2 aromatic carbocycles. The van der Waals surface area contributed by atoms with Crippen LogP contribution in [0.5, 0.6) is 0 Å². The maximum absolute atomic E-state index is 10.3. The number of aliphatic imine (C=N–C) groups is 2. The summed E-state index contributed by atoms with van der Waals surface area (Å²) in [6.45, 7) is 0. The summed E-state index contributed by atoms with van der Waals surface area (Å²) in [5, 5.41) is 0.724. The molecule has 0 radical (unpaired) electrons. The Balaban J connectivity index is 2.43. The number of nitrogens with zero attached hydrogens (tertiary/aromatic N) is 2. The lowest BCUT2D eigenvalue weighted by Crippen LogP contribution is -1.91. The lowest BCUT2D eigenvalue weighted by Gasteiger charge is -2.08. The molecule has 0 heterocycles. The zero-order valence-electron chi connectivity index (χ0n) is 10.6. The van der Waals surface area contributed by atoms with Gasteiger partial charge in [-0.15, -0.1) is 0 Å². The number of hydrogen-bond acceptors (Lipinski definition) is 4. The number of isocyanates is 2. The second kappa shape index (κ2) is 6.98. The van der Waals surface area contributed by atoms with E-state index in [2.05, 4.69) is 9.98 Å². The van der Waals surface area contributed by atoms with Crippen molar-refractivity contribution in [3.05, 3.63) is 57.6 Å². The smallest absolute Gasteiger partial charge is 0.211 e. The van der Waals surface area contributed by atoms with E-state index in [1.807, 2.05) is 0 Å². The van der Waals surface area contributed by atoms with Crippen LogP contribution in [0.3, 0.4) is 0 Å². The highest BCUT2D eigenvalue weighted by molar-refractivity contribution is 6.34. The largest absolute Gasteiger partial charge is 0.240 e. The number of carbonyl (C=O) groups excluding carboxylic acids is 2. The van der Waals surface area contributed by atoms with Crippen molar-refractivity contribution in [2.75, 3.05) is 0 Å². The first kappa shape index (κ1) is 15.2. The molecule has 21 heavy (non-hydrogen) atoms. The van der Waals surface area contributed by atoms with Crippen LogP contribution in [0.2, 0.25) is 10.0 Å². The molecule has 0 bridgehead atoms. The fourth-order valence-corrected chi connectivity index (χ4v) is 2.35. The Labute approximate surface area is 130 Å². The number of rotatable bonds is 4. The van der Waals surface area contributed by atoms with Gasteiger partial charge in [0.2, 0.25) is 12.2 Å². The molecule has 104 valence electrons. The molecule has 0 aromatic heterocycles. The van der Waals surface area contributed by atoms with Gasteiger partial charge in [0.1, 0.15) is 0 Å². The van der Waals surface area contributed by atoms with Crippen molar-refractivity contribution in [2.24, 2.45) is 9.98 Å². The first-order chi connectivity index (χ1) is 10.2. The van der Waals surface area contributed by atoms with E-state index in [0.29, 0.717) is 27.8 Å². The summed E-state index contributed by atoms with van der Waals surface area (Å²) >= 11 is 12.4. The van der Waals surface area contributed by atoms with E-state index in [-0.39, 0.29) is 0 Å². The van der Waals surface area contributed by atoms with Gasteiger partial charge in [-0.1, -0.05) is 47.5 Å². The van der Waals surface area contributed by atoms with Crippen LogP contribution in [-0.2, 0) is 16.0 Å². The minimum Gasteiger partial charge on any atom is -0.211 e. The van der Waals surface area contributed by atoms with E-state index in [1.165, 1.54) is 12.2 Å². The van der Waals surface area contributed by atoms with E-state index in [0.717, 1.165) is 11.1 Å². The molecule has 0 N–H and O–H groups in total. The highest BCUT2D eigenvalue weighted by Crippen LogP contribution is 2.33. The number of hydrogen-bond donors (Lipinski definition) is 0. The molecule has 0 aliphatic carbocycles. The molecule has 2 rings (SSSR count). The molecule has 0 amide bonds. The summed E-state index contributed by atoms with van der Waals surface area (Å²) < 4.78 is 0. The second-order valence-corrected chi connectivity index (χ2v) is 4.84. The Hall–Kier alpha value is -2.22. The summed E-state index contributed by atoms with van der Waals surface area (Å²) in [6, 6.07) is 10.3. The molecule has 2 aromatic rings. The van der Waals surface area contributed by atoms with Crippen LogP contribution in [0.25, 0.3) is 0 Å². The van der Waals surface area contributed by atoms with Crippen molar-refractivity contribution >= 4 is 46.7 Å². The van der Waals surface area contributed by atoms with Crippen LogP contribution in [0, 0.1) is 0 Å². The van der Waals surface area contributed by atoms with Gasteiger partial charge < -0.3 is 0 Å². The molecule has 4 nitrogen and oxygen atoms in total. The molecular weight excluding hydrogens is 311 g/mol. The highest BCUT2D eigenvalue weighted by Gasteiger charge is 2.10. The molecule has 0 aliphatic heterocycles. The molecule has 0 spiro atoms. The van der Waals surface area contributed by atoms with Gasteiger partial charge in [0.05, 0.1) is 21.4 Å². The van der Waals surface area contributed by atoms with E-state index >= 15 is 0 Å². The Kier molecular flexibility index (Phi) is 5.04. The monoisotopic (exact) mass is 318 g/mol. The predicted octanol–water partition coefficient (Wildman–Crippen LogP) is 4.52. The predicted molar refractivity (Wildman–Crippen MR) is 81.3 cm³/mol. The Bertz CT molecular complexity index is 712. The minimum atomic E-state index is 0.349. The van der Waals surface area contributed by atoms with Crippen LogP contribution in [0.1, 0.15) is 11.1 Å². The van der Waals surface area contributed by atoms with Crippen molar-refractivity contribution in [3.8, 4) is 0 Å². The van der Waals surface area contributed by atoms with E-state index < -0.39 is 0 Å². The molecule has 0 fully saturated rings. The topological polar surface area (TPSA) is 58.9 Å². The standard InChI is InChI=1S/C15H8Cl2N2O2/c16-14-10(3-1-5-12(14)18-8-20)7-11-4-2-6-13(15(11)17)19-9-21/h1-6H,7H2. The number of halogens is 2. The van der Waals surface area contributed by atoms with Crippen LogP contribution < -0.4 is 0 Å². The summed E-state index contributed by atoms with van der Waals surface area (Å²) in [4.78, 5) is 27.8. The van der Waals surface area contributed by atoms with Gasteiger partial charge in [-0.3, -0.25) is 0 Å². The Morgan fingerprint density at radius 3 is 1.62 bits per heavy atom. The van der Waals surface area contributed by atoms with Crippen LogP contribution in [-0.4, -0.2) is 12.2 Å². The quantitative estimate of drug-likeness (QED) is 0.614. The lowest BCUT2D eigenvalue weighted by atomic mass is 10.0. The molecule has 0 saturated heterocycles. The lowest BCUT2D eigenvalue weighted by molar-refractivity contribution is 0.564. The molecule has 6 heteroatoms. The molecule has 0 saturated carbocycles. The fourth-order valence-electron chi connectivity index (χ4n) is 1.88. The Morgan fingerprint density at radius 2 is 1.24 bits per heavy atom. The van der Waals surface area contributed by atoms with Gasteiger partial charge >= 0.3 is 0 Å². The Morgan fingerprint density at radius 1 is 0.810 bits per heavy atom. The zero-order valence-corrected chi connectivity index (χ0v) is 12.1. The first-order valence-electron chi connectivity index (χ1n) is 5.88. The van der Waals surface area contributed by atoms with Gasteiger partial charge in [0.25, 0.3) is 0 Å². The zero-order chi connectivity index (χ0) is 15.2. The second-order valence-electron chi connectivity index (χ2n) is 4.08. The van der Waals surface area contributed by atoms with Gasteiger partial charge in [0.15, 0.2) is 0 Å². The average molecular weight is 319 g/mol. The van der Waals surface area contributed by atoms with Crippen LogP contribution in [0.4, 0.5) is 11.4 Å². The van der Waals surface area contributed by atoms with Gasteiger partial charge in [-0.25, -0.2) is 9.59 Å². The average Bonchev–Trinajstić information content (AvgIpc) is 2.48. The van der Waals surface area contributed by atoms with Crippen LogP contribution >= 0.6 is 23.2 Å². The molecule has 0 unspecified atom stereocenters. The summed E-state index contributed by atoms with van der Waals surface area (Å²) in [5.74, 6) is 0. The van der Waals surface area contributed by atoms with Gasteiger partial charge in [-0.2, -0.15) is 9.98 Å². The third kappa shape index (κ3) is 3.46. The normalized spacial score (nSPS) is 9.62. The van der Waals surface area contributed by atoms with E-state index in [1.54, 1.807) is 36.4 Å². The van der Waals surface area contributed by atoms with Crippen molar-refractivity contribution < 1.29 is 9.59 Å². The highest BCUT2D eigenvalue weighted by atomic mass is 35.5. The fraction of sp³-hybridized carbons (Fsp3) is 0.0667. The third-order valence-electron chi connectivity index (χ3n) is 2.83. The summed E-state index contributed by atoms with van der Waals surface area (Å²) in [6.07, 6.45) is 3.34. The van der Waals surface area contributed by atoms with Gasteiger partial charge in [0, 0.05) is 6.42 Å². The molecule has 0 atom stereocenters. The van der Waals surface area contributed by atoms with Crippen molar-refractivity contribution in [2.45, 2.75) is 6.42 Å². The molecule has 0 aliphatic rings. The maximum Gasteiger partial charge on any atom is 0.240 e. The van der Waals surface area contributed by atoms with Crippen molar-refractivity contribution in [1.29, 1.82) is 0 Å². The third-order valence-corrected chi connectivity index (χ3v) is 3.70. The van der Waals surface area contributed by atoms with Crippen molar-refractivity contribution in [3.63, 3.8) is 0 Å². The summed E-state index contributed by atoms with van der Waals surface area (Å²) in [7, 11) is 0. The maximum atomic E-state index is 10.3. The molecular formula is C15H8Cl2N2O2. The SMILES string of the molecule is O=C=Nc1cccc(Cc2cccc(N=C=O)c2Cl)c1Cl. The van der Waals surface area contributed by atoms with Gasteiger partial charge in [-0.05, 0) is 23.3 Å². The first-order valence-corrected chi connectivity index (χ1v) is 6.63. The number of benzene rings is 2. The summed E-state index contributed by atoms with van der Waals surface area (Å²) in [5.41, 5.74) is 2.20.